The molecule has 0 bridgehead atoms. The van der Waals surface area contributed by atoms with Gasteiger partial charge in [0.1, 0.15) is 11.6 Å². The Labute approximate surface area is 149 Å². The van der Waals surface area contributed by atoms with Gasteiger partial charge in [-0.05, 0) is 49.4 Å². The van der Waals surface area contributed by atoms with E-state index in [1.54, 1.807) is 36.7 Å². The van der Waals surface area contributed by atoms with Gasteiger partial charge < -0.3 is 10.6 Å². The Balaban J connectivity index is 1.64. The monoisotopic (exact) mass is 344 g/mol. The SMILES string of the molecule is Cc1ccc(C(=O)Nc2ccccn2)c(Nc2ccc3[nH]ncc3c2)n1. The second-order valence-corrected chi connectivity index (χ2v) is 5.81. The largest absolute Gasteiger partial charge is 0.340 e. The number of anilines is 3. The fourth-order valence-corrected chi connectivity index (χ4v) is 2.61. The van der Waals surface area contributed by atoms with Crippen LogP contribution in [0.5, 0.6) is 0 Å². The van der Waals surface area contributed by atoms with E-state index in [9.17, 15) is 4.79 Å². The molecule has 0 spiro atoms. The maximum absolute atomic E-state index is 12.7. The van der Waals surface area contributed by atoms with Crippen LogP contribution in [0, 0.1) is 6.92 Å². The van der Waals surface area contributed by atoms with Crippen LogP contribution in [0.25, 0.3) is 10.9 Å². The molecule has 1 amide bonds. The van der Waals surface area contributed by atoms with Gasteiger partial charge in [-0.2, -0.15) is 5.10 Å². The molecule has 7 heteroatoms. The molecule has 0 radical (unpaired) electrons. The number of hydrogen-bond acceptors (Lipinski definition) is 5. The highest BCUT2D eigenvalue weighted by Crippen LogP contribution is 2.23. The maximum atomic E-state index is 12.7. The second-order valence-electron chi connectivity index (χ2n) is 5.81. The molecule has 3 aromatic heterocycles. The summed E-state index contributed by atoms with van der Waals surface area (Å²) in [6, 6.07) is 14.7. The number of benzene rings is 1. The smallest absolute Gasteiger partial charge is 0.260 e. The number of hydrogen-bond donors (Lipinski definition) is 3. The molecule has 1 aromatic carbocycles. The molecule has 0 aliphatic heterocycles. The van der Waals surface area contributed by atoms with Crippen LogP contribution in [0.3, 0.4) is 0 Å². The van der Waals surface area contributed by atoms with E-state index < -0.39 is 0 Å². The van der Waals surface area contributed by atoms with Crippen molar-refractivity contribution in [1.82, 2.24) is 20.2 Å². The molecule has 0 aliphatic carbocycles. The summed E-state index contributed by atoms with van der Waals surface area (Å²) in [7, 11) is 0. The molecular weight excluding hydrogens is 328 g/mol. The molecule has 3 N–H and O–H groups in total. The number of fused-ring (bicyclic) bond motifs is 1. The van der Waals surface area contributed by atoms with Gasteiger partial charge in [-0.15, -0.1) is 0 Å². The average Bonchev–Trinajstić information content (AvgIpc) is 3.10. The molecule has 4 rings (SSSR count). The number of nitrogens with one attached hydrogen (secondary N) is 3. The van der Waals surface area contributed by atoms with Gasteiger partial charge in [0.05, 0.1) is 17.3 Å². The molecule has 4 aromatic rings. The third-order valence-corrected chi connectivity index (χ3v) is 3.89. The first-order valence-electron chi connectivity index (χ1n) is 8.09. The summed E-state index contributed by atoms with van der Waals surface area (Å²) in [5.74, 6) is 0.702. The lowest BCUT2D eigenvalue weighted by atomic mass is 10.2. The molecule has 0 atom stereocenters. The van der Waals surface area contributed by atoms with Crippen LogP contribution < -0.4 is 10.6 Å². The Morgan fingerprint density at radius 2 is 2.04 bits per heavy atom. The lowest BCUT2D eigenvalue weighted by Gasteiger charge is -2.12. The fourth-order valence-electron chi connectivity index (χ4n) is 2.61. The van der Waals surface area contributed by atoms with Crippen molar-refractivity contribution >= 4 is 34.1 Å². The van der Waals surface area contributed by atoms with Crippen molar-refractivity contribution in [3.63, 3.8) is 0 Å². The van der Waals surface area contributed by atoms with Crippen LogP contribution in [0.2, 0.25) is 0 Å². The first-order chi connectivity index (χ1) is 12.7. The highest BCUT2D eigenvalue weighted by atomic mass is 16.1. The van der Waals surface area contributed by atoms with Gasteiger partial charge in [-0.3, -0.25) is 9.89 Å². The predicted octanol–water partition coefficient (Wildman–Crippen LogP) is 3.66. The summed E-state index contributed by atoms with van der Waals surface area (Å²) in [5.41, 5.74) is 3.02. The number of rotatable bonds is 4. The Hall–Kier alpha value is -3.74. The quantitative estimate of drug-likeness (QED) is 0.525. The zero-order chi connectivity index (χ0) is 17.9. The zero-order valence-electron chi connectivity index (χ0n) is 14.0. The number of nitrogens with zero attached hydrogens (tertiary/aromatic N) is 3. The van der Waals surface area contributed by atoms with E-state index in [4.69, 9.17) is 0 Å². The van der Waals surface area contributed by atoms with Crippen LogP contribution in [-0.2, 0) is 0 Å². The highest BCUT2D eigenvalue weighted by Gasteiger charge is 2.14. The van der Waals surface area contributed by atoms with Crippen molar-refractivity contribution in [2.75, 3.05) is 10.6 Å². The van der Waals surface area contributed by atoms with E-state index >= 15 is 0 Å². The van der Waals surface area contributed by atoms with Crippen molar-refractivity contribution in [3.8, 4) is 0 Å². The summed E-state index contributed by atoms with van der Waals surface area (Å²) < 4.78 is 0. The van der Waals surface area contributed by atoms with E-state index in [1.165, 1.54) is 0 Å². The van der Waals surface area contributed by atoms with E-state index in [1.807, 2.05) is 31.2 Å². The number of aromatic amines is 1. The number of aromatic nitrogens is 4. The maximum Gasteiger partial charge on any atom is 0.260 e. The second kappa shape index (κ2) is 6.64. The summed E-state index contributed by atoms with van der Waals surface area (Å²) in [6.45, 7) is 1.88. The average molecular weight is 344 g/mol. The van der Waals surface area contributed by atoms with E-state index in [0.717, 1.165) is 22.3 Å². The summed E-state index contributed by atoms with van der Waals surface area (Å²) in [4.78, 5) is 21.3. The van der Waals surface area contributed by atoms with Crippen molar-refractivity contribution in [2.45, 2.75) is 6.92 Å². The van der Waals surface area contributed by atoms with Crippen molar-refractivity contribution in [3.05, 3.63) is 72.2 Å². The lowest BCUT2D eigenvalue weighted by molar-refractivity contribution is 0.102. The number of amides is 1. The third-order valence-electron chi connectivity index (χ3n) is 3.89. The topological polar surface area (TPSA) is 95.6 Å². The number of H-pyrrole nitrogens is 1. The van der Waals surface area contributed by atoms with Gasteiger partial charge in [0.2, 0.25) is 0 Å². The Kier molecular flexibility index (Phi) is 4.03. The van der Waals surface area contributed by atoms with Crippen LogP contribution >= 0.6 is 0 Å². The standard InChI is InChI=1S/C19H16N6O/c1-12-5-7-15(19(26)24-17-4-2-3-9-20-17)18(22-12)23-14-6-8-16-13(10-14)11-21-25-16/h2-11H,1H3,(H,21,25)(H,22,23)(H,20,24,26). The molecule has 26 heavy (non-hydrogen) atoms. The fraction of sp³-hybridized carbons (Fsp3) is 0.0526. The van der Waals surface area contributed by atoms with Gasteiger partial charge in [-0.25, -0.2) is 9.97 Å². The number of carbonyl (C=O) groups excluding carboxylic acids is 1. The molecular formula is C19H16N6O. The van der Waals surface area contributed by atoms with Gasteiger partial charge in [0.15, 0.2) is 0 Å². The summed E-state index contributed by atoms with van der Waals surface area (Å²) in [5, 5.41) is 13.9. The van der Waals surface area contributed by atoms with Crippen LogP contribution in [0.4, 0.5) is 17.3 Å². The minimum atomic E-state index is -0.275. The third kappa shape index (κ3) is 3.23. The highest BCUT2D eigenvalue weighted by molar-refractivity contribution is 6.07. The number of pyridine rings is 2. The van der Waals surface area contributed by atoms with E-state index in [2.05, 4.69) is 30.8 Å². The molecule has 7 nitrogen and oxygen atoms in total. The Bertz CT molecular complexity index is 1070. The van der Waals surface area contributed by atoms with Gasteiger partial charge in [-0.1, -0.05) is 6.07 Å². The first-order valence-corrected chi connectivity index (χ1v) is 8.09. The molecule has 0 aliphatic rings. The Morgan fingerprint density at radius 1 is 1.12 bits per heavy atom. The molecule has 0 saturated carbocycles. The molecule has 0 saturated heterocycles. The first kappa shape index (κ1) is 15.8. The minimum Gasteiger partial charge on any atom is -0.340 e. The molecule has 128 valence electrons. The lowest BCUT2D eigenvalue weighted by Crippen LogP contribution is -2.15. The van der Waals surface area contributed by atoms with E-state index in [-0.39, 0.29) is 5.91 Å². The number of aryl methyl sites for hydroxylation is 1. The van der Waals surface area contributed by atoms with Crippen molar-refractivity contribution in [1.29, 1.82) is 0 Å². The van der Waals surface area contributed by atoms with Crippen molar-refractivity contribution in [2.24, 2.45) is 0 Å². The van der Waals surface area contributed by atoms with Gasteiger partial charge in [0, 0.05) is 23.0 Å². The normalized spacial score (nSPS) is 10.7. The summed E-state index contributed by atoms with van der Waals surface area (Å²) in [6.07, 6.45) is 3.38. The molecule has 0 unspecified atom stereocenters. The van der Waals surface area contributed by atoms with Crippen LogP contribution in [0.15, 0.2) is 60.9 Å². The van der Waals surface area contributed by atoms with Crippen molar-refractivity contribution < 1.29 is 4.79 Å². The van der Waals surface area contributed by atoms with Gasteiger partial charge in [0.25, 0.3) is 5.91 Å². The predicted molar refractivity (Wildman–Crippen MR) is 101 cm³/mol. The summed E-state index contributed by atoms with van der Waals surface area (Å²) >= 11 is 0. The van der Waals surface area contributed by atoms with E-state index in [0.29, 0.717) is 17.2 Å². The Morgan fingerprint density at radius 3 is 2.88 bits per heavy atom. The number of carbonyl (C=O) groups is 1. The molecule has 0 fully saturated rings. The zero-order valence-corrected chi connectivity index (χ0v) is 14.0. The van der Waals surface area contributed by atoms with Crippen LogP contribution in [-0.4, -0.2) is 26.1 Å². The minimum absolute atomic E-state index is 0.275. The van der Waals surface area contributed by atoms with Crippen LogP contribution in [0.1, 0.15) is 16.1 Å². The van der Waals surface area contributed by atoms with Gasteiger partial charge >= 0.3 is 0 Å². The molecule has 3 heterocycles.